The van der Waals surface area contributed by atoms with E-state index in [4.69, 9.17) is 18.6 Å². The summed E-state index contributed by atoms with van der Waals surface area (Å²) in [5.41, 5.74) is 1.45. The lowest BCUT2D eigenvalue weighted by atomic mass is 10.0. The van der Waals surface area contributed by atoms with Crippen molar-refractivity contribution in [3.05, 3.63) is 88.1 Å². The first-order valence-electron chi connectivity index (χ1n) is 11.2. The SMILES string of the molecule is COc1cc(NC(=O)[C@@H](C)OC(=O)c2cccc3c(=O)c(C)c(-c4ccccc4)oc23)cc(OC)c1. The van der Waals surface area contributed by atoms with E-state index in [9.17, 15) is 14.4 Å². The van der Waals surface area contributed by atoms with Crippen LogP contribution in [0, 0.1) is 6.92 Å². The Kier molecular flexibility index (Phi) is 7.05. The molecule has 0 saturated heterocycles. The highest BCUT2D eigenvalue weighted by Gasteiger charge is 2.23. The highest BCUT2D eigenvalue weighted by atomic mass is 16.5. The van der Waals surface area contributed by atoms with Crippen molar-refractivity contribution in [3.8, 4) is 22.8 Å². The minimum absolute atomic E-state index is 0.0458. The van der Waals surface area contributed by atoms with Gasteiger partial charge in [0.05, 0.1) is 19.6 Å². The van der Waals surface area contributed by atoms with E-state index in [2.05, 4.69) is 5.32 Å². The maximum atomic E-state index is 13.1. The van der Waals surface area contributed by atoms with Crippen LogP contribution in [0.5, 0.6) is 11.5 Å². The van der Waals surface area contributed by atoms with Gasteiger partial charge in [-0.3, -0.25) is 9.59 Å². The zero-order valence-corrected chi connectivity index (χ0v) is 20.3. The van der Waals surface area contributed by atoms with Gasteiger partial charge in [0.25, 0.3) is 5.91 Å². The molecule has 1 N–H and O–H groups in total. The Morgan fingerprint density at radius 3 is 2.22 bits per heavy atom. The highest BCUT2D eigenvalue weighted by Crippen LogP contribution is 2.28. The third-order valence-corrected chi connectivity index (χ3v) is 5.67. The second-order valence-corrected chi connectivity index (χ2v) is 8.07. The Bertz CT molecular complexity index is 1470. The fourth-order valence-corrected chi connectivity index (χ4v) is 3.74. The van der Waals surface area contributed by atoms with Gasteiger partial charge in [-0.25, -0.2) is 4.79 Å². The van der Waals surface area contributed by atoms with Gasteiger partial charge < -0.3 is 23.9 Å². The molecule has 1 atom stereocenters. The Morgan fingerprint density at radius 2 is 1.58 bits per heavy atom. The first-order valence-corrected chi connectivity index (χ1v) is 11.2. The molecule has 3 aromatic carbocycles. The normalized spacial score (nSPS) is 11.6. The van der Waals surface area contributed by atoms with Crippen LogP contribution in [0.3, 0.4) is 0 Å². The van der Waals surface area contributed by atoms with E-state index in [0.29, 0.717) is 34.1 Å². The number of methoxy groups -OCH3 is 2. The summed E-state index contributed by atoms with van der Waals surface area (Å²) in [5.74, 6) is -0.000966. The summed E-state index contributed by atoms with van der Waals surface area (Å²) >= 11 is 0. The lowest BCUT2D eigenvalue weighted by Gasteiger charge is -2.15. The number of anilines is 1. The van der Waals surface area contributed by atoms with Gasteiger partial charge in [-0.05, 0) is 26.0 Å². The van der Waals surface area contributed by atoms with Crippen molar-refractivity contribution in [1.29, 1.82) is 0 Å². The number of fused-ring (bicyclic) bond motifs is 1. The molecular formula is C28H25NO7. The van der Waals surface area contributed by atoms with Crippen LogP contribution in [0.4, 0.5) is 5.69 Å². The topological polar surface area (TPSA) is 104 Å². The standard InChI is InChI=1S/C28H25NO7/c1-16-24(30)22-11-8-12-23(26(22)36-25(16)18-9-6-5-7-10-18)28(32)35-17(2)27(31)29-19-13-20(33-3)15-21(14-19)34-4/h5-15,17H,1-4H3,(H,29,31)/t17-/m1/s1. The predicted octanol–water partition coefficient (Wildman–Crippen LogP) is 4.97. The van der Waals surface area contributed by atoms with Gasteiger partial charge in [-0.15, -0.1) is 0 Å². The van der Waals surface area contributed by atoms with Crippen LogP contribution < -0.4 is 20.2 Å². The summed E-state index contributed by atoms with van der Waals surface area (Å²) in [5, 5.41) is 2.93. The van der Waals surface area contributed by atoms with Gasteiger partial charge in [0.1, 0.15) is 22.8 Å². The fraction of sp³-hybridized carbons (Fsp3) is 0.179. The third-order valence-electron chi connectivity index (χ3n) is 5.67. The van der Waals surface area contributed by atoms with Gasteiger partial charge in [-0.1, -0.05) is 36.4 Å². The molecular weight excluding hydrogens is 462 g/mol. The Morgan fingerprint density at radius 1 is 0.917 bits per heavy atom. The van der Waals surface area contributed by atoms with Gasteiger partial charge in [-0.2, -0.15) is 0 Å². The van der Waals surface area contributed by atoms with E-state index in [1.165, 1.54) is 27.2 Å². The number of esters is 1. The number of hydrogen-bond donors (Lipinski definition) is 1. The minimum Gasteiger partial charge on any atom is -0.497 e. The van der Waals surface area contributed by atoms with Crippen molar-refractivity contribution in [3.63, 3.8) is 0 Å². The molecule has 1 aromatic heterocycles. The molecule has 0 saturated carbocycles. The molecule has 0 bridgehead atoms. The maximum Gasteiger partial charge on any atom is 0.342 e. The largest absolute Gasteiger partial charge is 0.497 e. The number of ether oxygens (including phenoxy) is 3. The molecule has 0 aliphatic carbocycles. The number of carbonyl (C=O) groups excluding carboxylic acids is 2. The van der Waals surface area contributed by atoms with E-state index in [-0.39, 0.29) is 22.0 Å². The van der Waals surface area contributed by atoms with E-state index in [1.54, 1.807) is 37.3 Å². The number of rotatable bonds is 7. The molecule has 1 heterocycles. The van der Waals surface area contributed by atoms with Crippen molar-refractivity contribution in [2.45, 2.75) is 20.0 Å². The second kappa shape index (κ2) is 10.4. The molecule has 0 fully saturated rings. The van der Waals surface area contributed by atoms with Gasteiger partial charge in [0.2, 0.25) is 0 Å². The number of hydrogen-bond acceptors (Lipinski definition) is 7. The number of amides is 1. The molecule has 0 aliphatic heterocycles. The molecule has 0 aliphatic rings. The Hall–Kier alpha value is -4.59. The molecule has 1 amide bonds. The summed E-state index contributed by atoms with van der Waals surface area (Å²) in [6, 6.07) is 18.7. The van der Waals surface area contributed by atoms with Crippen LogP contribution in [0.2, 0.25) is 0 Å². The summed E-state index contributed by atoms with van der Waals surface area (Å²) < 4.78 is 21.9. The van der Waals surface area contributed by atoms with Crippen LogP contribution in [0.1, 0.15) is 22.8 Å². The van der Waals surface area contributed by atoms with Gasteiger partial charge >= 0.3 is 5.97 Å². The summed E-state index contributed by atoms with van der Waals surface area (Å²) in [7, 11) is 3.00. The first-order chi connectivity index (χ1) is 17.3. The lowest BCUT2D eigenvalue weighted by molar-refractivity contribution is -0.123. The summed E-state index contributed by atoms with van der Waals surface area (Å²) in [6.07, 6.45) is -1.14. The van der Waals surface area contributed by atoms with Crippen molar-refractivity contribution in [1.82, 2.24) is 0 Å². The van der Waals surface area contributed by atoms with E-state index < -0.39 is 18.0 Å². The summed E-state index contributed by atoms with van der Waals surface area (Å²) in [4.78, 5) is 38.8. The van der Waals surface area contributed by atoms with Crippen LogP contribution in [0.25, 0.3) is 22.3 Å². The van der Waals surface area contributed by atoms with E-state index in [1.807, 2.05) is 30.3 Å². The van der Waals surface area contributed by atoms with Crippen molar-refractivity contribution in [2.75, 3.05) is 19.5 Å². The zero-order valence-electron chi connectivity index (χ0n) is 20.3. The predicted molar refractivity (Wildman–Crippen MR) is 136 cm³/mol. The first kappa shape index (κ1) is 24.5. The highest BCUT2D eigenvalue weighted by molar-refractivity contribution is 6.04. The molecule has 0 radical (unpaired) electrons. The Balaban J connectivity index is 1.61. The molecule has 184 valence electrons. The van der Waals surface area contributed by atoms with Crippen molar-refractivity contribution >= 4 is 28.5 Å². The number of benzene rings is 3. The van der Waals surface area contributed by atoms with Crippen molar-refractivity contribution in [2.24, 2.45) is 0 Å². The average molecular weight is 488 g/mol. The van der Waals surface area contributed by atoms with Crippen LogP contribution in [-0.4, -0.2) is 32.2 Å². The molecule has 8 heteroatoms. The minimum atomic E-state index is -1.14. The Labute approximate surface area is 207 Å². The second-order valence-electron chi connectivity index (χ2n) is 8.07. The number of nitrogens with one attached hydrogen (secondary N) is 1. The maximum absolute atomic E-state index is 13.1. The van der Waals surface area contributed by atoms with Crippen LogP contribution in [-0.2, 0) is 9.53 Å². The van der Waals surface area contributed by atoms with Gasteiger partial charge in [0, 0.05) is 35.0 Å². The molecule has 4 aromatic rings. The van der Waals surface area contributed by atoms with E-state index >= 15 is 0 Å². The van der Waals surface area contributed by atoms with E-state index in [0.717, 1.165) is 0 Å². The fourth-order valence-electron chi connectivity index (χ4n) is 3.74. The smallest absolute Gasteiger partial charge is 0.342 e. The molecule has 4 rings (SSSR count). The third kappa shape index (κ3) is 4.93. The van der Waals surface area contributed by atoms with Gasteiger partial charge in [0.15, 0.2) is 17.1 Å². The zero-order chi connectivity index (χ0) is 25.8. The van der Waals surface area contributed by atoms with Crippen LogP contribution in [0.15, 0.2) is 75.9 Å². The lowest BCUT2D eigenvalue weighted by Crippen LogP contribution is -2.30. The molecule has 0 spiro atoms. The molecule has 8 nitrogen and oxygen atoms in total. The quantitative estimate of drug-likeness (QED) is 0.367. The number of carbonyl (C=O) groups is 2. The molecule has 36 heavy (non-hydrogen) atoms. The van der Waals surface area contributed by atoms with Crippen molar-refractivity contribution < 1.29 is 28.2 Å². The molecule has 0 unspecified atom stereocenters. The monoisotopic (exact) mass is 487 g/mol. The van der Waals surface area contributed by atoms with Crippen LogP contribution >= 0.6 is 0 Å². The summed E-state index contributed by atoms with van der Waals surface area (Å²) in [6.45, 7) is 3.13. The number of para-hydroxylation sites is 1. The average Bonchev–Trinajstić information content (AvgIpc) is 2.90.